The standard InChI is InChI=1S/C38H34N4O6S/c1-46-32-22-25(23-33(47-2)34(32)48-3)21-31(42-36(43)27-13-8-5-9-14-27)37(44)41-29-15-10-16-30(24-29)49-35(26-11-6-4-7-12-26)38(45)40-28-17-19-39-20-18-28/h4-24,35H,1-3H3,(H,41,44)(H,42,43)(H,39,40,45)/b31-21+. The number of hydrogen-bond donors (Lipinski definition) is 3. The summed E-state index contributed by atoms with van der Waals surface area (Å²) < 4.78 is 16.4. The lowest BCUT2D eigenvalue weighted by molar-refractivity contribution is -0.116. The molecule has 0 saturated carbocycles. The van der Waals surface area contributed by atoms with Crippen molar-refractivity contribution in [3.05, 3.63) is 144 Å². The molecule has 1 aromatic heterocycles. The van der Waals surface area contributed by atoms with E-state index in [4.69, 9.17) is 14.2 Å². The maximum atomic E-state index is 13.8. The molecular formula is C38H34N4O6S. The summed E-state index contributed by atoms with van der Waals surface area (Å²) in [5, 5.41) is 8.00. The summed E-state index contributed by atoms with van der Waals surface area (Å²) in [7, 11) is 4.48. The molecule has 49 heavy (non-hydrogen) atoms. The van der Waals surface area contributed by atoms with Gasteiger partial charge in [0.1, 0.15) is 10.9 Å². The average Bonchev–Trinajstić information content (AvgIpc) is 3.14. The molecule has 1 atom stereocenters. The maximum Gasteiger partial charge on any atom is 0.272 e. The van der Waals surface area contributed by atoms with Gasteiger partial charge in [0.15, 0.2) is 11.5 Å². The Hall–Kier alpha value is -6.07. The zero-order valence-electron chi connectivity index (χ0n) is 27.0. The number of pyridine rings is 1. The maximum absolute atomic E-state index is 13.8. The number of rotatable bonds is 13. The van der Waals surface area contributed by atoms with Crippen molar-refractivity contribution in [2.45, 2.75) is 10.1 Å². The van der Waals surface area contributed by atoms with Crippen molar-refractivity contribution in [3.63, 3.8) is 0 Å². The van der Waals surface area contributed by atoms with Gasteiger partial charge in [-0.2, -0.15) is 0 Å². The topological polar surface area (TPSA) is 128 Å². The molecule has 1 unspecified atom stereocenters. The monoisotopic (exact) mass is 674 g/mol. The Morgan fingerprint density at radius 3 is 2.00 bits per heavy atom. The largest absolute Gasteiger partial charge is 0.493 e. The van der Waals surface area contributed by atoms with Gasteiger partial charge in [0, 0.05) is 34.2 Å². The third-order valence-electron chi connectivity index (χ3n) is 7.16. The van der Waals surface area contributed by atoms with Crippen LogP contribution in [0, 0.1) is 0 Å². The predicted molar refractivity (Wildman–Crippen MR) is 191 cm³/mol. The van der Waals surface area contributed by atoms with Crippen molar-refractivity contribution in [1.82, 2.24) is 10.3 Å². The molecule has 5 rings (SSSR count). The molecule has 4 aromatic carbocycles. The van der Waals surface area contributed by atoms with Crippen LogP contribution < -0.4 is 30.2 Å². The van der Waals surface area contributed by atoms with Crippen molar-refractivity contribution >= 4 is 46.9 Å². The summed E-state index contributed by atoms with van der Waals surface area (Å²) in [5.41, 5.74) is 2.77. The van der Waals surface area contributed by atoms with Gasteiger partial charge in [0.25, 0.3) is 11.8 Å². The number of thioether (sulfide) groups is 1. The highest BCUT2D eigenvalue weighted by Gasteiger charge is 2.23. The Morgan fingerprint density at radius 1 is 0.714 bits per heavy atom. The number of amides is 3. The van der Waals surface area contributed by atoms with E-state index in [1.807, 2.05) is 36.4 Å². The Morgan fingerprint density at radius 2 is 1.37 bits per heavy atom. The molecule has 3 N–H and O–H groups in total. The Kier molecular flexibility index (Phi) is 11.7. The Balaban J connectivity index is 1.43. The van der Waals surface area contributed by atoms with E-state index in [2.05, 4.69) is 20.9 Å². The zero-order valence-corrected chi connectivity index (χ0v) is 27.8. The van der Waals surface area contributed by atoms with Gasteiger partial charge in [-0.15, -0.1) is 11.8 Å². The molecule has 0 fully saturated rings. The second-order valence-corrected chi connectivity index (χ2v) is 11.6. The number of anilines is 2. The number of hydrogen-bond acceptors (Lipinski definition) is 8. The van der Waals surface area contributed by atoms with Gasteiger partial charge in [-0.1, -0.05) is 54.6 Å². The highest BCUT2D eigenvalue weighted by Crippen LogP contribution is 2.39. The normalized spacial score (nSPS) is 11.5. The summed E-state index contributed by atoms with van der Waals surface area (Å²) in [5.74, 6) is -0.101. The van der Waals surface area contributed by atoms with Crippen LogP contribution in [0.5, 0.6) is 17.2 Å². The lowest BCUT2D eigenvalue weighted by Gasteiger charge is -2.18. The van der Waals surface area contributed by atoms with Gasteiger partial charge in [0.05, 0.1) is 21.3 Å². The summed E-state index contributed by atoms with van der Waals surface area (Å²) >= 11 is 1.34. The van der Waals surface area contributed by atoms with Crippen molar-refractivity contribution in [3.8, 4) is 17.2 Å². The zero-order chi connectivity index (χ0) is 34.6. The summed E-state index contributed by atoms with van der Waals surface area (Å²) in [6.45, 7) is 0. The fourth-order valence-corrected chi connectivity index (χ4v) is 5.90. The van der Waals surface area contributed by atoms with Crippen LogP contribution in [-0.2, 0) is 9.59 Å². The Bertz CT molecular complexity index is 1910. The van der Waals surface area contributed by atoms with Crippen LogP contribution in [0.4, 0.5) is 11.4 Å². The van der Waals surface area contributed by atoms with Crippen LogP contribution in [0.2, 0.25) is 0 Å². The van der Waals surface area contributed by atoms with E-state index in [1.165, 1.54) is 39.2 Å². The summed E-state index contributed by atoms with van der Waals surface area (Å²) in [6, 6.07) is 31.9. The van der Waals surface area contributed by atoms with E-state index in [0.29, 0.717) is 39.8 Å². The molecule has 5 aromatic rings. The number of benzene rings is 4. The average molecular weight is 675 g/mol. The summed E-state index contributed by atoms with van der Waals surface area (Å²) in [6.07, 6.45) is 4.74. The molecule has 0 aliphatic carbocycles. The molecule has 0 saturated heterocycles. The molecular weight excluding hydrogens is 641 g/mol. The van der Waals surface area contributed by atoms with Crippen molar-refractivity contribution in [2.75, 3.05) is 32.0 Å². The smallest absolute Gasteiger partial charge is 0.272 e. The van der Waals surface area contributed by atoms with E-state index < -0.39 is 17.1 Å². The first kappa shape index (κ1) is 34.3. The first-order valence-corrected chi connectivity index (χ1v) is 16.0. The number of carbonyl (C=O) groups is 3. The molecule has 3 amide bonds. The van der Waals surface area contributed by atoms with E-state index in [1.54, 1.807) is 85.2 Å². The van der Waals surface area contributed by atoms with Crippen LogP contribution in [0.3, 0.4) is 0 Å². The summed E-state index contributed by atoms with van der Waals surface area (Å²) in [4.78, 5) is 45.3. The van der Waals surface area contributed by atoms with Gasteiger partial charge in [-0.3, -0.25) is 19.4 Å². The van der Waals surface area contributed by atoms with E-state index in [9.17, 15) is 14.4 Å². The minimum absolute atomic E-state index is 0.0277. The first-order valence-electron chi connectivity index (χ1n) is 15.1. The highest BCUT2D eigenvalue weighted by molar-refractivity contribution is 8.00. The van der Waals surface area contributed by atoms with Gasteiger partial charge in [-0.05, 0) is 71.8 Å². The van der Waals surface area contributed by atoms with Crippen LogP contribution in [0.15, 0.2) is 132 Å². The lowest BCUT2D eigenvalue weighted by atomic mass is 10.1. The van der Waals surface area contributed by atoms with Gasteiger partial charge < -0.3 is 30.2 Å². The van der Waals surface area contributed by atoms with Gasteiger partial charge in [0.2, 0.25) is 11.7 Å². The van der Waals surface area contributed by atoms with E-state index >= 15 is 0 Å². The SMILES string of the molecule is COc1cc(/C=C(/NC(=O)c2ccccc2)C(=O)Nc2cccc(SC(C(=O)Nc3ccncc3)c3ccccc3)c2)cc(OC)c1OC. The van der Waals surface area contributed by atoms with Crippen LogP contribution in [0.1, 0.15) is 26.7 Å². The predicted octanol–water partition coefficient (Wildman–Crippen LogP) is 6.99. The lowest BCUT2D eigenvalue weighted by Crippen LogP contribution is -2.30. The third-order valence-corrected chi connectivity index (χ3v) is 8.41. The van der Waals surface area contributed by atoms with Crippen LogP contribution >= 0.6 is 11.8 Å². The molecule has 0 aliphatic heterocycles. The molecule has 1 heterocycles. The molecule has 0 aliphatic rings. The number of carbonyl (C=O) groups excluding carboxylic acids is 3. The molecule has 248 valence electrons. The highest BCUT2D eigenvalue weighted by atomic mass is 32.2. The molecule has 0 spiro atoms. The third kappa shape index (κ3) is 9.05. The molecule has 0 radical (unpaired) electrons. The quantitative estimate of drug-likeness (QED) is 0.0901. The molecule has 11 heteroatoms. The first-order chi connectivity index (χ1) is 23.9. The van der Waals surface area contributed by atoms with Gasteiger partial charge >= 0.3 is 0 Å². The second-order valence-electron chi connectivity index (χ2n) is 10.5. The number of nitrogens with one attached hydrogen (secondary N) is 3. The van der Waals surface area contributed by atoms with Crippen molar-refractivity contribution < 1.29 is 28.6 Å². The number of methoxy groups -OCH3 is 3. The minimum Gasteiger partial charge on any atom is -0.493 e. The van der Waals surface area contributed by atoms with Crippen molar-refractivity contribution in [2.24, 2.45) is 0 Å². The van der Waals surface area contributed by atoms with E-state index in [-0.39, 0.29) is 11.6 Å². The van der Waals surface area contributed by atoms with Crippen molar-refractivity contribution in [1.29, 1.82) is 0 Å². The Labute approximate surface area is 288 Å². The number of aromatic nitrogens is 1. The molecule has 10 nitrogen and oxygen atoms in total. The van der Waals surface area contributed by atoms with Crippen LogP contribution in [0.25, 0.3) is 6.08 Å². The van der Waals surface area contributed by atoms with Gasteiger partial charge in [-0.25, -0.2) is 0 Å². The minimum atomic E-state index is -0.596. The second kappa shape index (κ2) is 16.7. The fourth-order valence-electron chi connectivity index (χ4n) is 4.82. The number of ether oxygens (including phenoxy) is 3. The van der Waals surface area contributed by atoms with Crippen LogP contribution in [-0.4, -0.2) is 44.0 Å². The fraction of sp³-hybridized carbons (Fsp3) is 0.105. The molecule has 0 bridgehead atoms. The number of nitrogens with zero attached hydrogens (tertiary/aromatic N) is 1. The van der Waals surface area contributed by atoms with E-state index in [0.717, 1.165) is 10.5 Å².